The number of nitrogens with two attached hydrogens (primary N) is 1. The topological polar surface area (TPSA) is 49.6 Å². The van der Waals surface area contributed by atoms with E-state index in [4.69, 9.17) is 5.73 Å². The predicted octanol–water partition coefficient (Wildman–Crippen LogP) is 1.06. The summed E-state index contributed by atoms with van der Waals surface area (Å²) in [5.41, 5.74) is 7.80. The maximum Gasteiger partial charge on any atom is 0.223 e. The number of carbonyl (C=O) groups excluding carboxylic acids is 1. The molecule has 94 valence electrons. The van der Waals surface area contributed by atoms with Gasteiger partial charge in [0.25, 0.3) is 0 Å². The highest BCUT2D eigenvalue weighted by Gasteiger charge is 2.07. The van der Waals surface area contributed by atoms with E-state index in [2.05, 4.69) is 11.0 Å². The molecule has 0 aromatic heterocycles. The van der Waals surface area contributed by atoms with Gasteiger partial charge in [0.1, 0.15) is 0 Å². The molecule has 4 heteroatoms. The van der Waals surface area contributed by atoms with Crippen LogP contribution in [0.2, 0.25) is 0 Å². The van der Waals surface area contributed by atoms with E-state index in [1.54, 1.807) is 19.0 Å². The highest BCUT2D eigenvalue weighted by molar-refractivity contribution is 5.76. The third-order valence-corrected chi connectivity index (χ3v) is 2.75. The van der Waals surface area contributed by atoms with Crippen molar-refractivity contribution in [2.75, 3.05) is 32.6 Å². The van der Waals surface area contributed by atoms with Crippen LogP contribution in [0.25, 0.3) is 0 Å². The van der Waals surface area contributed by atoms with E-state index in [1.807, 2.05) is 25.2 Å². The van der Waals surface area contributed by atoms with E-state index in [0.29, 0.717) is 19.5 Å². The van der Waals surface area contributed by atoms with Crippen LogP contribution in [0.5, 0.6) is 0 Å². The quantitative estimate of drug-likeness (QED) is 0.830. The molecular formula is C13H21N3O. The Bertz CT molecular complexity index is 377. The van der Waals surface area contributed by atoms with Gasteiger partial charge in [-0.15, -0.1) is 0 Å². The largest absolute Gasteiger partial charge is 0.374 e. The fraction of sp³-hybridized carbons (Fsp3) is 0.462. The second kappa shape index (κ2) is 6.25. The smallest absolute Gasteiger partial charge is 0.223 e. The molecule has 0 bridgehead atoms. The first-order chi connectivity index (χ1) is 8.04. The summed E-state index contributed by atoms with van der Waals surface area (Å²) in [6.45, 7) is 1.25. The fourth-order valence-corrected chi connectivity index (χ4v) is 1.54. The average molecular weight is 235 g/mol. The summed E-state index contributed by atoms with van der Waals surface area (Å²) in [5, 5.41) is 0. The number of hydrogen-bond donors (Lipinski definition) is 1. The summed E-state index contributed by atoms with van der Waals surface area (Å²) in [5.74, 6) is 0.145. The van der Waals surface area contributed by atoms with Gasteiger partial charge in [-0.25, -0.2) is 0 Å². The van der Waals surface area contributed by atoms with Crippen LogP contribution in [0, 0.1) is 0 Å². The molecule has 0 unspecified atom stereocenters. The van der Waals surface area contributed by atoms with Crippen LogP contribution in [-0.4, -0.2) is 38.5 Å². The van der Waals surface area contributed by atoms with Gasteiger partial charge < -0.3 is 15.5 Å². The van der Waals surface area contributed by atoms with Crippen molar-refractivity contribution in [3.8, 4) is 0 Å². The molecule has 1 aromatic rings. The number of carbonyl (C=O) groups is 1. The van der Waals surface area contributed by atoms with Crippen LogP contribution < -0.4 is 10.6 Å². The zero-order chi connectivity index (χ0) is 12.8. The molecule has 0 atom stereocenters. The van der Waals surface area contributed by atoms with Crippen LogP contribution in [0.3, 0.4) is 0 Å². The van der Waals surface area contributed by atoms with E-state index in [-0.39, 0.29) is 5.91 Å². The maximum absolute atomic E-state index is 11.5. The molecule has 0 aliphatic rings. The monoisotopic (exact) mass is 235 g/mol. The average Bonchev–Trinajstić information content (AvgIpc) is 2.35. The zero-order valence-electron chi connectivity index (χ0n) is 10.8. The molecule has 1 amide bonds. The minimum Gasteiger partial charge on any atom is -0.374 e. The summed E-state index contributed by atoms with van der Waals surface area (Å²) in [7, 11) is 5.54. The summed E-state index contributed by atoms with van der Waals surface area (Å²) in [4.78, 5) is 15.2. The Balaban J connectivity index is 2.57. The zero-order valence-corrected chi connectivity index (χ0v) is 10.8. The lowest BCUT2D eigenvalue weighted by atomic mass is 10.2. The third-order valence-electron chi connectivity index (χ3n) is 2.75. The Morgan fingerprint density at radius 3 is 2.59 bits per heavy atom. The Morgan fingerprint density at radius 2 is 2.00 bits per heavy atom. The van der Waals surface area contributed by atoms with Gasteiger partial charge in [-0.2, -0.15) is 0 Å². The Labute approximate surface area is 103 Å². The van der Waals surface area contributed by atoms with Crippen molar-refractivity contribution in [3.05, 3.63) is 29.8 Å². The molecule has 0 heterocycles. The second-order valence-corrected chi connectivity index (χ2v) is 4.33. The maximum atomic E-state index is 11.5. The van der Waals surface area contributed by atoms with Gasteiger partial charge in [-0.3, -0.25) is 4.79 Å². The molecular weight excluding hydrogens is 214 g/mol. The second-order valence-electron chi connectivity index (χ2n) is 4.33. The van der Waals surface area contributed by atoms with Crippen molar-refractivity contribution in [1.29, 1.82) is 0 Å². The molecule has 0 aliphatic heterocycles. The van der Waals surface area contributed by atoms with Gasteiger partial charge in [0.05, 0.1) is 0 Å². The molecule has 4 nitrogen and oxygen atoms in total. The van der Waals surface area contributed by atoms with E-state index in [9.17, 15) is 4.79 Å². The minimum atomic E-state index is 0.145. The van der Waals surface area contributed by atoms with E-state index >= 15 is 0 Å². The molecule has 0 spiro atoms. The van der Waals surface area contributed by atoms with E-state index in [0.717, 1.165) is 11.3 Å². The fourth-order valence-electron chi connectivity index (χ4n) is 1.54. The molecule has 1 rings (SSSR count). The summed E-state index contributed by atoms with van der Waals surface area (Å²) in [6, 6.07) is 8.07. The lowest BCUT2D eigenvalue weighted by Crippen LogP contribution is -2.27. The molecule has 17 heavy (non-hydrogen) atoms. The van der Waals surface area contributed by atoms with Crippen molar-refractivity contribution < 1.29 is 4.79 Å². The number of rotatable bonds is 5. The predicted molar refractivity (Wildman–Crippen MR) is 70.9 cm³/mol. The molecule has 0 radical (unpaired) electrons. The van der Waals surface area contributed by atoms with Gasteiger partial charge >= 0.3 is 0 Å². The number of benzene rings is 1. The normalized spacial score (nSPS) is 10.1. The third kappa shape index (κ3) is 4.07. The van der Waals surface area contributed by atoms with Crippen LogP contribution in [0.4, 0.5) is 5.69 Å². The van der Waals surface area contributed by atoms with Crippen molar-refractivity contribution in [2.45, 2.75) is 13.0 Å². The summed E-state index contributed by atoms with van der Waals surface area (Å²) in [6.07, 6.45) is 0.524. The first-order valence-electron chi connectivity index (χ1n) is 5.75. The number of nitrogens with zero attached hydrogens (tertiary/aromatic N) is 2. The molecule has 1 aromatic carbocycles. The van der Waals surface area contributed by atoms with Crippen molar-refractivity contribution >= 4 is 11.6 Å². The highest BCUT2D eigenvalue weighted by Crippen LogP contribution is 2.14. The van der Waals surface area contributed by atoms with Crippen molar-refractivity contribution in [3.63, 3.8) is 0 Å². The van der Waals surface area contributed by atoms with Crippen LogP contribution in [0.1, 0.15) is 12.0 Å². The molecule has 0 saturated heterocycles. The van der Waals surface area contributed by atoms with Gasteiger partial charge in [0.15, 0.2) is 0 Å². The summed E-state index contributed by atoms with van der Waals surface area (Å²) < 4.78 is 0. The van der Waals surface area contributed by atoms with Crippen LogP contribution in [-0.2, 0) is 11.3 Å². The van der Waals surface area contributed by atoms with Gasteiger partial charge in [-0.1, -0.05) is 12.1 Å². The lowest BCUT2D eigenvalue weighted by molar-refractivity contribution is -0.128. The van der Waals surface area contributed by atoms with Crippen molar-refractivity contribution in [2.24, 2.45) is 5.73 Å². The van der Waals surface area contributed by atoms with E-state index < -0.39 is 0 Å². The molecule has 2 N–H and O–H groups in total. The molecule has 0 saturated carbocycles. The minimum absolute atomic E-state index is 0.145. The molecule has 0 aliphatic carbocycles. The van der Waals surface area contributed by atoms with Gasteiger partial charge in [0.2, 0.25) is 5.91 Å². The van der Waals surface area contributed by atoms with Gasteiger partial charge in [-0.05, 0) is 17.7 Å². The lowest BCUT2D eigenvalue weighted by Gasteiger charge is -2.20. The van der Waals surface area contributed by atoms with Crippen LogP contribution in [0.15, 0.2) is 24.3 Å². The number of amides is 1. The standard InChI is InChI=1S/C13H21N3O/c1-15(2)13(17)7-8-16(3)12-6-4-5-11(9-12)10-14/h4-6,9H,7-8,10,14H2,1-3H3. The Hall–Kier alpha value is -1.55. The van der Waals surface area contributed by atoms with Gasteiger partial charge in [0, 0.05) is 46.3 Å². The first-order valence-corrected chi connectivity index (χ1v) is 5.75. The van der Waals surface area contributed by atoms with E-state index in [1.165, 1.54) is 0 Å². The molecule has 0 fully saturated rings. The Morgan fingerprint density at radius 1 is 1.29 bits per heavy atom. The highest BCUT2D eigenvalue weighted by atomic mass is 16.2. The Kier molecular flexibility index (Phi) is 4.97. The van der Waals surface area contributed by atoms with Crippen LogP contribution >= 0.6 is 0 Å². The number of hydrogen-bond acceptors (Lipinski definition) is 3. The first kappa shape index (κ1) is 13.5. The SMILES string of the molecule is CN(C)C(=O)CCN(C)c1cccc(CN)c1. The van der Waals surface area contributed by atoms with Crippen molar-refractivity contribution in [1.82, 2.24) is 4.90 Å². The summed E-state index contributed by atoms with van der Waals surface area (Å²) >= 11 is 0. The number of anilines is 1.